The van der Waals surface area contributed by atoms with Crippen LogP contribution < -0.4 is 10.1 Å². The number of hydrogen-bond donors (Lipinski definition) is 2. The summed E-state index contributed by atoms with van der Waals surface area (Å²) >= 11 is 0. The maximum atomic E-state index is 10.8. The Morgan fingerprint density at radius 2 is 2.23 bits per heavy atom. The highest BCUT2D eigenvalue weighted by molar-refractivity contribution is 5.33. The van der Waals surface area contributed by atoms with Crippen LogP contribution in [0.3, 0.4) is 0 Å². The molecule has 124 valence electrons. The zero-order valence-corrected chi connectivity index (χ0v) is 14.0. The molecule has 1 aliphatic heterocycles. The van der Waals surface area contributed by atoms with Gasteiger partial charge in [0.15, 0.2) is 0 Å². The van der Waals surface area contributed by atoms with Crippen LogP contribution in [0.4, 0.5) is 0 Å². The van der Waals surface area contributed by atoms with Crippen molar-refractivity contribution in [2.45, 2.75) is 45.3 Å². The lowest BCUT2D eigenvalue weighted by Gasteiger charge is -2.37. The molecular formula is C18H29NO3. The summed E-state index contributed by atoms with van der Waals surface area (Å²) in [4.78, 5) is 0. The van der Waals surface area contributed by atoms with Gasteiger partial charge in [-0.1, -0.05) is 25.1 Å². The lowest BCUT2D eigenvalue weighted by Crippen LogP contribution is -2.52. The molecule has 0 amide bonds. The van der Waals surface area contributed by atoms with Crippen molar-refractivity contribution in [2.75, 3.05) is 26.3 Å². The molecule has 1 heterocycles. The molecule has 4 nitrogen and oxygen atoms in total. The van der Waals surface area contributed by atoms with E-state index >= 15 is 0 Å². The number of aliphatic hydroxyl groups is 1. The lowest BCUT2D eigenvalue weighted by atomic mass is 9.84. The van der Waals surface area contributed by atoms with Crippen LogP contribution in [0.15, 0.2) is 24.3 Å². The van der Waals surface area contributed by atoms with E-state index in [1.54, 1.807) is 0 Å². The van der Waals surface area contributed by atoms with E-state index in [1.807, 2.05) is 32.0 Å². The molecule has 4 heteroatoms. The van der Waals surface area contributed by atoms with Gasteiger partial charge in [0.05, 0.1) is 24.9 Å². The Balaban J connectivity index is 1.95. The first kappa shape index (κ1) is 17.3. The van der Waals surface area contributed by atoms with Crippen LogP contribution in [0, 0.1) is 5.92 Å². The number of rotatable bonds is 7. The van der Waals surface area contributed by atoms with Gasteiger partial charge in [-0.3, -0.25) is 0 Å². The van der Waals surface area contributed by atoms with Gasteiger partial charge in [0.25, 0.3) is 0 Å². The number of hydrogen-bond acceptors (Lipinski definition) is 4. The molecule has 0 radical (unpaired) electrons. The molecule has 1 fully saturated rings. The summed E-state index contributed by atoms with van der Waals surface area (Å²) in [6.45, 7) is 8.98. The molecule has 22 heavy (non-hydrogen) atoms. The Kier molecular flexibility index (Phi) is 6.24. The summed E-state index contributed by atoms with van der Waals surface area (Å²) in [5.74, 6) is 1.30. The number of morpholine rings is 1. The van der Waals surface area contributed by atoms with Gasteiger partial charge in [-0.15, -0.1) is 0 Å². The first-order chi connectivity index (χ1) is 10.5. The molecule has 3 unspecified atom stereocenters. The lowest BCUT2D eigenvalue weighted by molar-refractivity contribution is -0.118. The van der Waals surface area contributed by atoms with Gasteiger partial charge in [-0.25, -0.2) is 0 Å². The molecule has 3 atom stereocenters. The van der Waals surface area contributed by atoms with Crippen molar-refractivity contribution in [3.8, 4) is 5.75 Å². The van der Waals surface area contributed by atoms with Gasteiger partial charge in [0.2, 0.25) is 0 Å². The van der Waals surface area contributed by atoms with Crippen molar-refractivity contribution in [3.63, 3.8) is 0 Å². The summed E-state index contributed by atoms with van der Waals surface area (Å²) < 4.78 is 11.4. The minimum atomic E-state index is -0.812. The van der Waals surface area contributed by atoms with Gasteiger partial charge in [0, 0.05) is 13.1 Å². The topological polar surface area (TPSA) is 50.7 Å². The minimum Gasteiger partial charge on any atom is -0.494 e. The Bertz CT molecular complexity index is 455. The smallest absolute Gasteiger partial charge is 0.122 e. The molecule has 0 saturated carbocycles. The van der Waals surface area contributed by atoms with Crippen LogP contribution in [0.25, 0.3) is 0 Å². The number of ether oxygens (including phenoxy) is 2. The van der Waals surface area contributed by atoms with E-state index in [2.05, 4.69) is 18.3 Å². The Morgan fingerprint density at radius 3 is 2.91 bits per heavy atom. The minimum absolute atomic E-state index is 0.133. The predicted octanol–water partition coefficient (Wildman–Crippen LogP) is 2.39. The highest BCUT2D eigenvalue weighted by Gasteiger charge is 2.35. The van der Waals surface area contributed by atoms with Crippen LogP contribution in [-0.2, 0) is 11.2 Å². The van der Waals surface area contributed by atoms with Gasteiger partial charge >= 0.3 is 0 Å². The summed E-state index contributed by atoms with van der Waals surface area (Å²) in [5, 5.41) is 14.0. The average Bonchev–Trinajstić information content (AvgIpc) is 2.50. The standard InChI is InChI=1S/C18H29NO3/c1-4-21-16-8-6-5-7-15(16)11-14(2)12-18(3,20)17-13-19-9-10-22-17/h5-8,14,17,19-20H,4,9-13H2,1-3H3. The van der Waals surface area contributed by atoms with Crippen molar-refractivity contribution >= 4 is 0 Å². The highest BCUT2D eigenvalue weighted by Crippen LogP contribution is 2.28. The summed E-state index contributed by atoms with van der Waals surface area (Å²) in [6.07, 6.45) is 1.47. The van der Waals surface area contributed by atoms with Crippen molar-refractivity contribution in [1.82, 2.24) is 5.32 Å². The molecule has 1 saturated heterocycles. The number of benzene rings is 1. The van der Waals surface area contributed by atoms with E-state index in [1.165, 1.54) is 5.56 Å². The molecule has 0 bridgehead atoms. The Labute approximate surface area is 133 Å². The fraction of sp³-hybridized carbons (Fsp3) is 0.667. The second-order valence-electron chi connectivity index (χ2n) is 6.47. The highest BCUT2D eigenvalue weighted by atomic mass is 16.5. The Hall–Kier alpha value is -1.10. The monoisotopic (exact) mass is 307 g/mol. The van der Waals surface area contributed by atoms with E-state index in [9.17, 15) is 5.11 Å². The fourth-order valence-corrected chi connectivity index (χ4v) is 3.22. The van der Waals surface area contributed by atoms with Crippen molar-refractivity contribution in [3.05, 3.63) is 29.8 Å². The first-order valence-corrected chi connectivity index (χ1v) is 8.28. The zero-order valence-electron chi connectivity index (χ0n) is 14.0. The van der Waals surface area contributed by atoms with Crippen molar-refractivity contribution in [1.29, 1.82) is 0 Å². The van der Waals surface area contributed by atoms with Crippen LogP contribution in [0.2, 0.25) is 0 Å². The molecule has 1 aromatic rings. The molecule has 2 rings (SSSR count). The quantitative estimate of drug-likeness (QED) is 0.812. The zero-order chi connectivity index (χ0) is 16.0. The van der Waals surface area contributed by atoms with E-state index in [0.717, 1.165) is 25.3 Å². The van der Waals surface area contributed by atoms with Gasteiger partial charge in [0.1, 0.15) is 5.75 Å². The van der Waals surface area contributed by atoms with Crippen LogP contribution >= 0.6 is 0 Å². The van der Waals surface area contributed by atoms with Crippen molar-refractivity contribution < 1.29 is 14.6 Å². The van der Waals surface area contributed by atoms with Crippen LogP contribution in [0.5, 0.6) is 5.75 Å². The van der Waals surface area contributed by atoms with Gasteiger partial charge in [-0.05, 0) is 44.2 Å². The van der Waals surface area contributed by atoms with E-state index in [-0.39, 0.29) is 6.10 Å². The van der Waals surface area contributed by atoms with Crippen LogP contribution in [-0.4, -0.2) is 43.1 Å². The van der Waals surface area contributed by atoms with E-state index < -0.39 is 5.60 Å². The maximum absolute atomic E-state index is 10.8. The van der Waals surface area contributed by atoms with Gasteiger partial charge in [-0.2, -0.15) is 0 Å². The molecule has 1 aliphatic rings. The molecule has 2 N–H and O–H groups in total. The second kappa shape index (κ2) is 7.95. The maximum Gasteiger partial charge on any atom is 0.122 e. The molecular weight excluding hydrogens is 278 g/mol. The van der Waals surface area contributed by atoms with Crippen molar-refractivity contribution in [2.24, 2.45) is 5.92 Å². The predicted molar refractivity (Wildman–Crippen MR) is 88.3 cm³/mol. The third kappa shape index (κ3) is 4.70. The molecule has 0 spiro atoms. The summed E-state index contributed by atoms with van der Waals surface area (Å²) in [5.41, 5.74) is 0.392. The average molecular weight is 307 g/mol. The normalized spacial score (nSPS) is 22.8. The second-order valence-corrected chi connectivity index (χ2v) is 6.47. The third-order valence-electron chi connectivity index (χ3n) is 4.22. The molecule has 0 aromatic heterocycles. The number of para-hydroxylation sites is 1. The summed E-state index contributed by atoms with van der Waals surface area (Å²) in [6, 6.07) is 8.15. The fourth-order valence-electron chi connectivity index (χ4n) is 3.22. The van der Waals surface area contributed by atoms with Crippen LogP contribution in [0.1, 0.15) is 32.8 Å². The Morgan fingerprint density at radius 1 is 1.45 bits per heavy atom. The van der Waals surface area contributed by atoms with E-state index in [4.69, 9.17) is 9.47 Å². The molecule has 0 aliphatic carbocycles. The summed E-state index contributed by atoms with van der Waals surface area (Å²) in [7, 11) is 0. The molecule has 1 aromatic carbocycles. The largest absolute Gasteiger partial charge is 0.494 e. The first-order valence-electron chi connectivity index (χ1n) is 8.28. The third-order valence-corrected chi connectivity index (χ3v) is 4.22. The number of nitrogens with one attached hydrogen (secondary N) is 1. The SMILES string of the molecule is CCOc1ccccc1CC(C)CC(C)(O)C1CNCCO1. The van der Waals surface area contributed by atoms with Gasteiger partial charge < -0.3 is 19.9 Å². The van der Waals surface area contributed by atoms with E-state index in [0.29, 0.717) is 25.6 Å².